The first-order valence-electron chi connectivity index (χ1n) is 5.01. The molecule has 0 amide bonds. The van der Waals surface area contributed by atoms with E-state index in [1.165, 1.54) is 12.1 Å². The van der Waals surface area contributed by atoms with Crippen LogP contribution in [0.2, 0.25) is 5.02 Å². The van der Waals surface area contributed by atoms with Gasteiger partial charge < -0.3 is 10.5 Å². The van der Waals surface area contributed by atoms with Crippen molar-refractivity contribution in [1.82, 2.24) is 4.98 Å². The molecular formula is C11H7BrClN3O3. The molecule has 1 heterocycles. The van der Waals surface area contributed by atoms with Crippen LogP contribution in [0, 0.1) is 10.1 Å². The van der Waals surface area contributed by atoms with E-state index >= 15 is 0 Å². The molecule has 0 radical (unpaired) electrons. The van der Waals surface area contributed by atoms with Gasteiger partial charge in [0.2, 0.25) is 11.7 Å². The average Bonchev–Trinajstić information content (AvgIpc) is 2.32. The topological polar surface area (TPSA) is 91.3 Å². The largest absolute Gasteiger partial charge is 0.437 e. The van der Waals surface area contributed by atoms with Crippen LogP contribution < -0.4 is 10.5 Å². The fourth-order valence-electron chi connectivity index (χ4n) is 1.33. The predicted octanol–water partition coefficient (Wildman–Crippen LogP) is 3.78. The van der Waals surface area contributed by atoms with Crippen LogP contribution in [0.15, 0.2) is 34.8 Å². The molecule has 2 aromatic rings. The molecule has 2 N–H and O–H groups in total. The lowest BCUT2D eigenvalue weighted by atomic mass is 10.3. The van der Waals surface area contributed by atoms with Gasteiger partial charge in [-0.1, -0.05) is 27.5 Å². The molecular weight excluding hydrogens is 337 g/mol. The van der Waals surface area contributed by atoms with Crippen molar-refractivity contribution in [3.8, 4) is 11.6 Å². The van der Waals surface area contributed by atoms with Crippen LogP contribution in [0.5, 0.6) is 11.6 Å². The quantitative estimate of drug-likeness (QED) is 0.676. The van der Waals surface area contributed by atoms with Gasteiger partial charge in [-0.15, -0.1) is 0 Å². The highest BCUT2D eigenvalue weighted by Crippen LogP contribution is 2.32. The Kier molecular flexibility index (Phi) is 3.87. The zero-order chi connectivity index (χ0) is 14.0. The third-order valence-electron chi connectivity index (χ3n) is 2.18. The van der Waals surface area contributed by atoms with Gasteiger partial charge in [-0.2, -0.15) is 4.98 Å². The van der Waals surface area contributed by atoms with Gasteiger partial charge in [0, 0.05) is 16.6 Å². The average molecular weight is 345 g/mol. The van der Waals surface area contributed by atoms with Gasteiger partial charge in [0.05, 0.1) is 9.95 Å². The van der Waals surface area contributed by atoms with Crippen LogP contribution in [-0.2, 0) is 0 Å². The zero-order valence-corrected chi connectivity index (χ0v) is 11.7. The Bertz CT molecular complexity index is 651. The van der Waals surface area contributed by atoms with Crippen LogP contribution in [0.4, 0.5) is 11.5 Å². The second kappa shape index (κ2) is 5.41. The molecule has 0 bridgehead atoms. The molecule has 0 spiro atoms. The Morgan fingerprint density at radius 1 is 1.37 bits per heavy atom. The van der Waals surface area contributed by atoms with Crippen molar-refractivity contribution >= 4 is 39.0 Å². The van der Waals surface area contributed by atoms with Gasteiger partial charge >= 0.3 is 5.69 Å². The lowest BCUT2D eigenvalue weighted by Crippen LogP contribution is -1.99. The number of anilines is 1. The highest BCUT2D eigenvalue weighted by Gasteiger charge is 2.14. The van der Waals surface area contributed by atoms with Crippen LogP contribution in [0.3, 0.4) is 0 Å². The molecule has 2 rings (SSSR count). The SMILES string of the molecule is Nc1nc(Oc2ccc(Br)cc2Cl)ccc1[N+](=O)[O-]. The summed E-state index contributed by atoms with van der Waals surface area (Å²) in [7, 11) is 0. The molecule has 6 nitrogen and oxygen atoms in total. The minimum atomic E-state index is -0.612. The second-order valence-electron chi connectivity index (χ2n) is 3.49. The molecule has 98 valence electrons. The Morgan fingerprint density at radius 3 is 2.68 bits per heavy atom. The zero-order valence-electron chi connectivity index (χ0n) is 9.34. The van der Waals surface area contributed by atoms with E-state index in [0.717, 1.165) is 4.47 Å². The minimum Gasteiger partial charge on any atom is -0.437 e. The monoisotopic (exact) mass is 343 g/mol. The molecule has 0 fully saturated rings. The highest BCUT2D eigenvalue weighted by molar-refractivity contribution is 9.10. The van der Waals surface area contributed by atoms with Gasteiger partial charge in [0.1, 0.15) is 5.75 Å². The van der Waals surface area contributed by atoms with E-state index in [0.29, 0.717) is 10.8 Å². The summed E-state index contributed by atoms with van der Waals surface area (Å²) in [5.41, 5.74) is 5.20. The molecule has 0 saturated heterocycles. The van der Waals surface area contributed by atoms with E-state index < -0.39 is 4.92 Å². The van der Waals surface area contributed by atoms with E-state index in [1.54, 1.807) is 18.2 Å². The van der Waals surface area contributed by atoms with E-state index in [4.69, 9.17) is 22.1 Å². The standard InChI is InChI=1S/C11H7BrClN3O3/c12-6-1-3-9(7(13)5-6)19-10-4-2-8(16(17)18)11(14)15-10/h1-5H,(H2,14,15). The first kappa shape index (κ1) is 13.6. The molecule has 0 atom stereocenters. The number of ether oxygens (including phenoxy) is 1. The Morgan fingerprint density at radius 2 is 2.11 bits per heavy atom. The Hall–Kier alpha value is -1.86. The van der Waals surface area contributed by atoms with Gasteiger partial charge in [0.25, 0.3) is 0 Å². The smallest absolute Gasteiger partial charge is 0.311 e. The molecule has 1 aromatic carbocycles. The van der Waals surface area contributed by atoms with Gasteiger partial charge in [-0.3, -0.25) is 10.1 Å². The summed E-state index contributed by atoms with van der Waals surface area (Å²) in [6, 6.07) is 7.63. The number of aromatic nitrogens is 1. The van der Waals surface area contributed by atoms with E-state index in [2.05, 4.69) is 20.9 Å². The molecule has 19 heavy (non-hydrogen) atoms. The molecule has 0 aliphatic rings. The van der Waals surface area contributed by atoms with Crippen LogP contribution in [0.1, 0.15) is 0 Å². The van der Waals surface area contributed by atoms with E-state index in [-0.39, 0.29) is 17.4 Å². The van der Waals surface area contributed by atoms with Crippen molar-refractivity contribution in [2.45, 2.75) is 0 Å². The number of nitrogens with zero attached hydrogens (tertiary/aromatic N) is 2. The molecule has 8 heteroatoms. The Balaban J connectivity index is 2.29. The number of nitrogens with two attached hydrogens (primary N) is 1. The first-order chi connectivity index (χ1) is 8.97. The normalized spacial score (nSPS) is 10.2. The van der Waals surface area contributed by atoms with Crippen LogP contribution in [-0.4, -0.2) is 9.91 Å². The summed E-state index contributed by atoms with van der Waals surface area (Å²) in [5, 5.41) is 11.0. The van der Waals surface area contributed by atoms with Crippen molar-refractivity contribution in [3.63, 3.8) is 0 Å². The molecule has 0 saturated carbocycles. The number of halogens is 2. The van der Waals surface area contributed by atoms with Crippen LogP contribution in [0.25, 0.3) is 0 Å². The van der Waals surface area contributed by atoms with Crippen molar-refractivity contribution in [3.05, 3.63) is 49.9 Å². The molecule has 0 aliphatic carbocycles. The molecule has 1 aromatic heterocycles. The third kappa shape index (κ3) is 3.12. The maximum Gasteiger partial charge on any atom is 0.311 e. The minimum absolute atomic E-state index is 0.132. The summed E-state index contributed by atoms with van der Waals surface area (Å²) in [5.74, 6) is 0.300. The van der Waals surface area contributed by atoms with Crippen LogP contribution >= 0.6 is 27.5 Å². The van der Waals surface area contributed by atoms with Gasteiger partial charge in [-0.05, 0) is 18.2 Å². The maximum absolute atomic E-state index is 10.6. The maximum atomic E-state index is 10.6. The van der Waals surface area contributed by atoms with Crippen molar-refractivity contribution in [1.29, 1.82) is 0 Å². The highest BCUT2D eigenvalue weighted by atomic mass is 79.9. The summed E-state index contributed by atoms with van der Waals surface area (Å²) in [4.78, 5) is 13.8. The van der Waals surface area contributed by atoms with E-state index in [1.807, 2.05) is 0 Å². The number of hydrogen-bond donors (Lipinski definition) is 1. The first-order valence-corrected chi connectivity index (χ1v) is 6.18. The second-order valence-corrected chi connectivity index (χ2v) is 4.81. The third-order valence-corrected chi connectivity index (χ3v) is 2.97. The fraction of sp³-hybridized carbons (Fsp3) is 0. The lowest BCUT2D eigenvalue weighted by molar-refractivity contribution is -0.384. The van der Waals surface area contributed by atoms with Crippen molar-refractivity contribution in [2.24, 2.45) is 0 Å². The fourth-order valence-corrected chi connectivity index (χ4v) is 2.04. The molecule has 0 unspecified atom stereocenters. The Labute approximate surface area is 121 Å². The van der Waals surface area contributed by atoms with Crippen molar-refractivity contribution < 1.29 is 9.66 Å². The van der Waals surface area contributed by atoms with Gasteiger partial charge in [0.15, 0.2) is 0 Å². The summed E-state index contributed by atoms with van der Waals surface area (Å²) >= 11 is 9.25. The number of pyridine rings is 1. The summed E-state index contributed by atoms with van der Waals surface area (Å²) < 4.78 is 6.22. The van der Waals surface area contributed by atoms with E-state index in [9.17, 15) is 10.1 Å². The molecule has 0 aliphatic heterocycles. The van der Waals surface area contributed by atoms with Crippen molar-refractivity contribution in [2.75, 3.05) is 5.73 Å². The summed E-state index contributed by atoms with van der Waals surface area (Å²) in [6.07, 6.45) is 0. The van der Waals surface area contributed by atoms with Gasteiger partial charge in [-0.25, -0.2) is 0 Å². The number of hydrogen-bond acceptors (Lipinski definition) is 5. The number of rotatable bonds is 3. The number of benzene rings is 1. The predicted molar refractivity (Wildman–Crippen MR) is 74.5 cm³/mol. The summed E-state index contributed by atoms with van der Waals surface area (Å²) in [6.45, 7) is 0. The number of nitrogen functional groups attached to an aromatic ring is 1. The number of nitro groups is 1. The lowest BCUT2D eigenvalue weighted by Gasteiger charge is -2.07.